The Morgan fingerprint density at radius 2 is 1.08 bits per heavy atom. The molecule has 3 aromatic carbocycles. The number of hydrogen-bond acceptors (Lipinski definition) is 2. The summed E-state index contributed by atoms with van der Waals surface area (Å²) in [6.45, 7) is 0. The Morgan fingerprint density at radius 3 is 1.50 bits per heavy atom. The van der Waals surface area contributed by atoms with E-state index in [0.29, 0.717) is 16.9 Å². The Balaban J connectivity index is 0.00000208. The monoisotopic (exact) mass is 446 g/mol. The Hall–Kier alpha value is -1.78. The molecule has 0 unspecified atom stereocenters. The average Bonchev–Trinajstić information content (AvgIpc) is 2.63. The quantitative estimate of drug-likeness (QED) is 0.267. The van der Waals surface area contributed by atoms with Gasteiger partial charge in [-0.2, -0.15) is 0 Å². The van der Waals surface area contributed by atoms with Gasteiger partial charge in [-0.3, -0.25) is 0 Å². The van der Waals surface area contributed by atoms with Crippen LogP contribution in [0.3, 0.4) is 0 Å². The number of halogens is 1. The second kappa shape index (κ2) is 8.36. The number of para-hydroxylation sites is 1. The molecule has 0 spiro atoms. The Kier molecular flexibility index (Phi) is 6.46. The third-order valence-corrected chi connectivity index (χ3v) is 4.17. The van der Waals surface area contributed by atoms with E-state index in [1.807, 2.05) is 78.9 Å². The molecule has 0 atom stereocenters. The van der Waals surface area contributed by atoms with Crippen molar-refractivity contribution in [1.29, 1.82) is 0 Å². The van der Waals surface area contributed by atoms with Gasteiger partial charge in [0.15, 0.2) is 4.87 Å². The number of hydrogen-bond donors (Lipinski definition) is 0. The molecule has 0 heterocycles. The Morgan fingerprint density at radius 1 is 0.708 bits per heavy atom. The summed E-state index contributed by atoms with van der Waals surface area (Å²) < 4.78 is 5.52. The number of alkyl halides is 1. The summed E-state index contributed by atoms with van der Waals surface area (Å²) in [5.74, 6) is -0.0582. The minimum atomic E-state index is -1.39. The number of ether oxygens (including phenoxy) is 1. The van der Waals surface area contributed by atoms with Gasteiger partial charge in [0.1, 0.15) is 5.75 Å². The summed E-state index contributed by atoms with van der Waals surface area (Å²) in [5, 5.41) is 0. The van der Waals surface area contributed by atoms with Crippen LogP contribution in [0, 0.1) is 0 Å². The van der Waals surface area contributed by atoms with E-state index in [1.165, 1.54) is 0 Å². The molecule has 3 aromatic rings. The van der Waals surface area contributed by atoms with Crippen LogP contribution in [0.2, 0.25) is 0 Å². The zero-order chi connectivity index (χ0) is 16.1. The van der Waals surface area contributed by atoms with Gasteiger partial charge < -0.3 is 4.74 Å². The number of benzene rings is 3. The topological polar surface area (TPSA) is 26.3 Å². The second-order valence-corrected chi connectivity index (χ2v) is 5.66. The van der Waals surface area contributed by atoms with E-state index in [-0.39, 0.29) is 23.9 Å². The molecule has 0 aliphatic carbocycles. The van der Waals surface area contributed by atoms with Crippen molar-refractivity contribution >= 4 is 41.5 Å². The summed E-state index contributed by atoms with van der Waals surface area (Å²) >= 11 is 6.82. The molecule has 0 radical (unpaired) electrons. The second-order valence-electron chi connectivity index (χ2n) is 5.09. The van der Waals surface area contributed by atoms with Crippen molar-refractivity contribution < 1.29 is 9.53 Å². The fourth-order valence-electron chi connectivity index (χ4n) is 2.40. The van der Waals surface area contributed by atoms with E-state index in [4.69, 9.17) is 16.3 Å². The maximum atomic E-state index is 12.9. The maximum absolute atomic E-state index is 12.9. The number of esters is 1. The zero-order valence-corrected chi connectivity index (χ0v) is 13.1. The number of carbonyl (C=O) groups excluding carboxylic acids is 1. The van der Waals surface area contributed by atoms with Crippen LogP contribution in [0.1, 0.15) is 11.1 Å². The van der Waals surface area contributed by atoms with E-state index in [2.05, 4.69) is 0 Å². The molecule has 24 heavy (non-hydrogen) atoms. The molecule has 0 fully saturated rings. The molecular formula is C20H19ClO2Sn. The van der Waals surface area contributed by atoms with Crippen molar-refractivity contribution in [2.75, 3.05) is 0 Å². The van der Waals surface area contributed by atoms with Gasteiger partial charge >= 0.3 is 29.9 Å². The van der Waals surface area contributed by atoms with Gasteiger partial charge in [0, 0.05) is 0 Å². The van der Waals surface area contributed by atoms with Gasteiger partial charge in [0.25, 0.3) is 0 Å². The first kappa shape index (κ1) is 18.6. The molecule has 4 heteroatoms. The van der Waals surface area contributed by atoms with Crippen LogP contribution in [-0.2, 0) is 9.67 Å². The van der Waals surface area contributed by atoms with E-state index in [0.717, 1.165) is 0 Å². The van der Waals surface area contributed by atoms with Crippen LogP contribution >= 0.6 is 11.6 Å². The summed E-state index contributed by atoms with van der Waals surface area (Å²) in [5.41, 5.74) is 1.35. The first-order chi connectivity index (χ1) is 11.2. The minimum absolute atomic E-state index is 0. The van der Waals surface area contributed by atoms with Crippen molar-refractivity contribution in [3.8, 4) is 5.75 Å². The van der Waals surface area contributed by atoms with Crippen LogP contribution in [-0.4, -0.2) is 29.9 Å². The molecule has 0 bridgehead atoms. The Labute approximate surface area is 163 Å². The summed E-state index contributed by atoms with van der Waals surface area (Å²) in [6.07, 6.45) is 0. The third kappa shape index (κ3) is 3.82. The molecule has 0 aliphatic rings. The molecule has 122 valence electrons. The predicted molar refractivity (Wildman–Crippen MR) is 103 cm³/mol. The molecule has 0 amide bonds. The SMILES string of the molecule is O=C(Oc1ccccc1)C(Cl)(c1ccccc1)c1ccccc1.[SnH4]. The fourth-order valence-corrected chi connectivity index (χ4v) is 2.69. The van der Waals surface area contributed by atoms with E-state index in [9.17, 15) is 4.79 Å². The first-order valence-corrected chi connectivity index (χ1v) is 7.66. The molecule has 0 aliphatic heterocycles. The molecule has 0 saturated carbocycles. The average molecular weight is 446 g/mol. The van der Waals surface area contributed by atoms with Gasteiger partial charge in [-0.25, -0.2) is 4.79 Å². The summed E-state index contributed by atoms with van der Waals surface area (Å²) in [4.78, 5) is 11.5. The molecule has 0 N–H and O–H groups in total. The number of carbonyl (C=O) groups is 1. The van der Waals surface area contributed by atoms with Crippen molar-refractivity contribution in [2.45, 2.75) is 4.87 Å². The molecular weight excluding hydrogens is 426 g/mol. The first-order valence-electron chi connectivity index (χ1n) is 7.28. The van der Waals surface area contributed by atoms with Crippen LogP contribution in [0.4, 0.5) is 0 Å². The van der Waals surface area contributed by atoms with E-state index >= 15 is 0 Å². The van der Waals surface area contributed by atoms with E-state index < -0.39 is 10.8 Å². The van der Waals surface area contributed by atoms with Crippen molar-refractivity contribution in [2.24, 2.45) is 0 Å². The van der Waals surface area contributed by atoms with Crippen LogP contribution < -0.4 is 4.74 Å². The third-order valence-electron chi connectivity index (χ3n) is 3.58. The Bertz CT molecular complexity index is 737. The van der Waals surface area contributed by atoms with Crippen molar-refractivity contribution in [1.82, 2.24) is 0 Å². The molecule has 0 saturated heterocycles. The normalized spacial score (nSPS) is 10.5. The van der Waals surface area contributed by atoms with Gasteiger partial charge in [-0.05, 0) is 23.3 Å². The van der Waals surface area contributed by atoms with Crippen LogP contribution in [0.5, 0.6) is 5.75 Å². The molecule has 3 rings (SSSR count). The van der Waals surface area contributed by atoms with Gasteiger partial charge in [-0.1, -0.05) is 90.5 Å². The van der Waals surface area contributed by atoms with Crippen molar-refractivity contribution in [3.63, 3.8) is 0 Å². The predicted octanol–water partition coefficient (Wildman–Crippen LogP) is 3.32. The molecule has 2 nitrogen and oxygen atoms in total. The van der Waals surface area contributed by atoms with Gasteiger partial charge in [-0.15, -0.1) is 0 Å². The van der Waals surface area contributed by atoms with Crippen LogP contribution in [0.25, 0.3) is 0 Å². The van der Waals surface area contributed by atoms with Crippen LogP contribution in [0.15, 0.2) is 91.0 Å². The molecule has 0 aromatic heterocycles. The summed E-state index contributed by atoms with van der Waals surface area (Å²) in [6, 6.07) is 27.4. The fraction of sp³-hybridized carbons (Fsp3) is 0.0500. The van der Waals surface area contributed by atoms with Gasteiger partial charge in [0.05, 0.1) is 0 Å². The van der Waals surface area contributed by atoms with Crippen molar-refractivity contribution in [3.05, 3.63) is 102 Å². The zero-order valence-electron chi connectivity index (χ0n) is 12.4. The number of rotatable bonds is 4. The van der Waals surface area contributed by atoms with E-state index in [1.54, 1.807) is 12.1 Å². The van der Waals surface area contributed by atoms with Gasteiger partial charge in [0.2, 0.25) is 0 Å². The summed E-state index contributed by atoms with van der Waals surface area (Å²) in [7, 11) is 0. The standard InChI is InChI=1S/C20H15ClO2.Sn.4H/c21-20(16-10-4-1-5-11-16,17-12-6-2-7-13-17)19(22)23-18-14-8-3-9-15-18;;;;;/h1-15H;;;;;.